The number of H-pyrrole nitrogens is 1. The molecular formula is C27H28N2O5. The predicted molar refractivity (Wildman–Crippen MR) is 132 cm³/mol. The van der Waals surface area contributed by atoms with Crippen molar-refractivity contribution in [2.75, 3.05) is 35.0 Å². The summed E-state index contributed by atoms with van der Waals surface area (Å²) in [7, 11) is 6.23. The highest BCUT2D eigenvalue weighted by molar-refractivity contribution is 5.98. The predicted octanol–water partition coefficient (Wildman–Crippen LogP) is 4.76. The number of aromatic amines is 1. The van der Waals surface area contributed by atoms with Crippen LogP contribution in [0.5, 0.6) is 23.0 Å². The quantitative estimate of drug-likeness (QED) is 0.376. The fourth-order valence-electron chi connectivity index (χ4n) is 4.12. The Morgan fingerprint density at radius 3 is 2.21 bits per heavy atom. The topological polar surface area (TPSA) is 81.8 Å². The first-order valence-corrected chi connectivity index (χ1v) is 10.9. The molecular weight excluding hydrogens is 432 g/mol. The van der Waals surface area contributed by atoms with Gasteiger partial charge in [-0.15, -0.1) is 0 Å². The summed E-state index contributed by atoms with van der Waals surface area (Å²) >= 11 is 0. The van der Waals surface area contributed by atoms with Gasteiger partial charge in [0.2, 0.25) is 0 Å². The summed E-state index contributed by atoms with van der Waals surface area (Å²) in [6.07, 6.45) is 2.00. The van der Waals surface area contributed by atoms with Crippen LogP contribution in [0.3, 0.4) is 0 Å². The average Bonchev–Trinajstić information content (AvgIpc) is 3.32. The van der Waals surface area contributed by atoms with Gasteiger partial charge in [-0.25, -0.2) is 0 Å². The second-order valence-corrected chi connectivity index (χ2v) is 7.73. The van der Waals surface area contributed by atoms with E-state index in [4.69, 9.17) is 18.9 Å². The van der Waals surface area contributed by atoms with E-state index in [-0.39, 0.29) is 11.8 Å². The lowest BCUT2D eigenvalue weighted by Gasteiger charge is -2.20. The Balaban J connectivity index is 1.67. The number of ether oxygens (including phenoxy) is 4. The third-order valence-electron chi connectivity index (χ3n) is 5.93. The lowest BCUT2D eigenvalue weighted by atomic mass is 9.90. The molecule has 1 amide bonds. The van der Waals surface area contributed by atoms with Gasteiger partial charge < -0.3 is 29.2 Å². The Hall–Kier alpha value is -4.13. The van der Waals surface area contributed by atoms with E-state index in [9.17, 15) is 4.79 Å². The minimum atomic E-state index is -0.267. The largest absolute Gasteiger partial charge is 0.497 e. The molecule has 1 atom stereocenters. The monoisotopic (exact) mass is 460 g/mol. The van der Waals surface area contributed by atoms with Crippen molar-refractivity contribution in [3.63, 3.8) is 0 Å². The zero-order valence-electron chi connectivity index (χ0n) is 19.7. The van der Waals surface area contributed by atoms with E-state index in [0.717, 1.165) is 27.8 Å². The van der Waals surface area contributed by atoms with Crippen molar-refractivity contribution < 1.29 is 23.7 Å². The number of amides is 1. The van der Waals surface area contributed by atoms with Crippen molar-refractivity contribution in [3.8, 4) is 23.0 Å². The van der Waals surface area contributed by atoms with Crippen LogP contribution in [0.25, 0.3) is 10.9 Å². The van der Waals surface area contributed by atoms with E-state index in [0.29, 0.717) is 29.4 Å². The van der Waals surface area contributed by atoms with Gasteiger partial charge in [-0.2, -0.15) is 0 Å². The van der Waals surface area contributed by atoms with E-state index in [1.165, 1.54) is 21.3 Å². The molecule has 0 aliphatic rings. The third-order valence-corrected chi connectivity index (χ3v) is 5.93. The minimum absolute atomic E-state index is 0.0860. The molecule has 0 saturated heterocycles. The van der Waals surface area contributed by atoms with Crippen LogP contribution in [0.2, 0.25) is 0 Å². The molecule has 0 aliphatic carbocycles. The van der Waals surface area contributed by atoms with Crippen LogP contribution >= 0.6 is 0 Å². The third kappa shape index (κ3) is 4.50. The maximum atomic E-state index is 13.2. The Kier molecular flexibility index (Phi) is 6.92. The van der Waals surface area contributed by atoms with Gasteiger partial charge in [-0.1, -0.05) is 30.3 Å². The van der Waals surface area contributed by atoms with Crippen molar-refractivity contribution in [1.29, 1.82) is 0 Å². The second-order valence-electron chi connectivity index (χ2n) is 7.73. The van der Waals surface area contributed by atoms with Gasteiger partial charge in [-0.3, -0.25) is 4.79 Å². The van der Waals surface area contributed by atoms with Gasteiger partial charge in [-0.05, 0) is 29.3 Å². The molecule has 7 nitrogen and oxygen atoms in total. The molecule has 4 aromatic rings. The molecule has 0 aliphatic heterocycles. The summed E-state index contributed by atoms with van der Waals surface area (Å²) in [5, 5.41) is 4.19. The number of carbonyl (C=O) groups excluding carboxylic acids is 1. The highest BCUT2D eigenvalue weighted by Gasteiger charge is 2.22. The van der Waals surface area contributed by atoms with Crippen molar-refractivity contribution in [2.24, 2.45) is 0 Å². The Morgan fingerprint density at radius 1 is 0.853 bits per heavy atom. The fraction of sp³-hybridized carbons (Fsp3) is 0.222. The van der Waals surface area contributed by atoms with Crippen molar-refractivity contribution in [3.05, 3.63) is 83.6 Å². The van der Waals surface area contributed by atoms with Crippen LogP contribution in [-0.4, -0.2) is 45.9 Å². The zero-order chi connectivity index (χ0) is 24.1. The molecule has 4 rings (SSSR count). The van der Waals surface area contributed by atoms with Crippen molar-refractivity contribution >= 4 is 16.8 Å². The summed E-state index contributed by atoms with van der Waals surface area (Å²) in [5.74, 6) is 1.78. The molecule has 0 saturated carbocycles. The molecule has 1 aromatic heterocycles. The first-order chi connectivity index (χ1) is 16.6. The normalized spacial score (nSPS) is 11.6. The van der Waals surface area contributed by atoms with Gasteiger partial charge in [0, 0.05) is 41.7 Å². The first-order valence-electron chi connectivity index (χ1n) is 10.9. The molecule has 0 spiro atoms. The fourth-order valence-corrected chi connectivity index (χ4v) is 4.12. The number of methoxy groups -OCH3 is 4. The average molecular weight is 461 g/mol. The standard InChI is InChI=1S/C27H28N2O5/c1-31-18-11-9-17(10-12-18)21(22-16-28-23-8-6-5-7-19(22)23)15-29-27(30)20-13-25(33-3)26(34-4)14-24(20)32-2/h5-14,16,21,28H,15H2,1-4H3,(H,29,30). The molecule has 176 valence electrons. The smallest absolute Gasteiger partial charge is 0.255 e. The summed E-state index contributed by atoms with van der Waals surface area (Å²) < 4.78 is 21.5. The van der Waals surface area contributed by atoms with Gasteiger partial charge in [0.1, 0.15) is 11.5 Å². The van der Waals surface area contributed by atoms with Crippen molar-refractivity contribution in [2.45, 2.75) is 5.92 Å². The van der Waals surface area contributed by atoms with Crippen molar-refractivity contribution in [1.82, 2.24) is 10.3 Å². The summed E-state index contributed by atoms with van der Waals surface area (Å²) in [6.45, 7) is 0.379. The highest BCUT2D eigenvalue weighted by Crippen LogP contribution is 2.35. The maximum absolute atomic E-state index is 13.2. The van der Waals surface area contributed by atoms with Crippen LogP contribution in [0, 0.1) is 0 Å². The Labute approximate surface area is 198 Å². The number of hydrogen-bond donors (Lipinski definition) is 2. The number of para-hydroxylation sites is 1. The summed E-state index contributed by atoms with van der Waals surface area (Å²) in [4.78, 5) is 16.6. The van der Waals surface area contributed by atoms with Gasteiger partial charge in [0.05, 0.1) is 34.0 Å². The first kappa shape index (κ1) is 23.0. The summed E-state index contributed by atoms with van der Waals surface area (Å²) in [6, 6.07) is 19.3. The molecule has 3 aromatic carbocycles. The van der Waals surface area contributed by atoms with Crippen LogP contribution in [-0.2, 0) is 0 Å². The SMILES string of the molecule is COc1ccc(C(CNC(=O)c2cc(OC)c(OC)cc2OC)c2c[nH]c3ccccc23)cc1. The van der Waals surface area contributed by atoms with Gasteiger partial charge >= 0.3 is 0 Å². The molecule has 0 bridgehead atoms. The number of rotatable bonds is 9. The lowest BCUT2D eigenvalue weighted by Crippen LogP contribution is -2.29. The molecule has 0 radical (unpaired) electrons. The highest BCUT2D eigenvalue weighted by atomic mass is 16.5. The number of benzene rings is 3. The second kappa shape index (κ2) is 10.2. The minimum Gasteiger partial charge on any atom is -0.497 e. The van der Waals surface area contributed by atoms with Gasteiger partial charge in [0.25, 0.3) is 5.91 Å². The van der Waals surface area contributed by atoms with E-state index in [1.54, 1.807) is 19.2 Å². The Morgan fingerprint density at radius 2 is 1.53 bits per heavy atom. The molecule has 2 N–H and O–H groups in total. The number of aromatic nitrogens is 1. The van der Waals surface area contributed by atoms with Crippen LogP contribution in [0.15, 0.2) is 66.9 Å². The molecule has 34 heavy (non-hydrogen) atoms. The molecule has 1 unspecified atom stereocenters. The Bertz CT molecular complexity index is 1280. The molecule has 7 heteroatoms. The summed E-state index contributed by atoms with van der Waals surface area (Å²) in [5.41, 5.74) is 3.57. The number of nitrogens with one attached hydrogen (secondary N) is 2. The van der Waals surface area contributed by atoms with E-state index >= 15 is 0 Å². The maximum Gasteiger partial charge on any atom is 0.255 e. The number of carbonyl (C=O) groups is 1. The van der Waals surface area contributed by atoms with Crippen LogP contribution in [0.4, 0.5) is 0 Å². The van der Waals surface area contributed by atoms with E-state index in [1.807, 2.05) is 48.7 Å². The molecule has 1 heterocycles. The van der Waals surface area contributed by atoms with Crippen LogP contribution < -0.4 is 24.3 Å². The number of hydrogen-bond acceptors (Lipinski definition) is 5. The van der Waals surface area contributed by atoms with E-state index in [2.05, 4.69) is 16.4 Å². The van der Waals surface area contributed by atoms with E-state index < -0.39 is 0 Å². The van der Waals surface area contributed by atoms with Gasteiger partial charge in [0.15, 0.2) is 11.5 Å². The van der Waals surface area contributed by atoms with Crippen LogP contribution in [0.1, 0.15) is 27.4 Å². The zero-order valence-corrected chi connectivity index (χ0v) is 19.7. The molecule has 0 fully saturated rings. The number of fused-ring (bicyclic) bond motifs is 1. The lowest BCUT2D eigenvalue weighted by molar-refractivity contribution is 0.0949.